The van der Waals surface area contributed by atoms with Crippen LogP contribution in [0.15, 0.2) is 22.8 Å². The Bertz CT molecular complexity index is 248. The normalized spacial score (nSPS) is 10.4. The zero-order valence-corrected chi connectivity index (χ0v) is 10.1. The number of halogens is 1. The van der Waals surface area contributed by atoms with Gasteiger partial charge in [-0.2, -0.15) is 0 Å². The number of hydrogen-bond acceptors (Lipinski definition) is 2. The highest BCUT2D eigenvalue weighted by Crippen LogP contribution is 2.08. The second kappa shape index (κ2) is 6.96. The summed E-state index contributed by atoms with van der Waals surface area (Å²) < 4.78 is 6.49. The van der Waals surface area contributed by atoms with Crippen molar-refractivity contribution in [3.8, 4) is 0 Å². The lowest BCUT2D eigenvalue weighted by Gasteiger charge is -2.02. The van der Waals surface area contributed by atoms with Crippen LogP contribution < -0.4 is 0 Å². The van der Waals surface area contributed by atoms with E-state index in [1.807, 2.05) is 12.1 Å². The van der Waals surface area contributed by atoms with Gasteiger partial charge in [0.1, 0.15) is 0 Å². The van der Waals surface area contributed by atoms with Crippen molar-refractivity contribution in [3.05, 3.63) is 28.5 Å². The van der Waals surface area contributed by atoms with Crippen molar-refractivity contribution in [2.45, 2.75) is 32.8 Å². The smallest absolute Gasteiger partial charge is 0.0887 e. The van der Waals surface area contributed by atoms with Crippen LogP contribution >= 0.6 is 15.9 Å². The van der Waals surface area contributed by atoms with E-state index in [9.17, 15) is 0 Å². The maximum atomic E-state index is 5.48. The van der Waals surface area contributed by atoms with Gasteiger partial charge in [-0.1, -0.05) is 19.8 Å². The van der Waals surface area contributed by atoms with Crippen molar-refractivity contribution < 1.29 is 4.74 Å². The minimum Gasteiger partial charge on any atom is -0.375 e. The molecule has 0 saturated carbocycles. The summed E-state index contributed by atoms with van der Waals surface area (Å²) in [5, 5.41) is 0. The molecule has 0 unspecified atom stereocenters. The number of hydrogen-bond donors (Lipinski definition) is 0. The first-order valence-electron chi connectivity index (χ1n) is 5.01. The first kappa shape index (κ1) is 11.7. The molecule has 2 nitrogen and oxygen atoms in total. The molecule has 0 saturated heterocycles. The third-order valence-electron chi connectivity index (χ3n) is 1.93. The molecule has 0 bridgehead atoms. The molecule has 0 aliphatic heterocycles. The summed E-state index contributed by atoms with van der Waals surface area (Å²) in [6.07, 6.45) is 5.42. The molecule has 0 amide bonds. The van der Waals surface area contributed by atoms with E-state index in [2.05, 4.69) is 27.8 Å². The van der Waals surface area contributed by atoms with E-state index in [0.29, 0.717) is 6.61 Å². The zero-order valence-electron chi connectivity index (χ0n) is 8.50. The van der Waals surface area contributed by atoms with Gasteiger partial charge in [-0.3, -0.25) is 4.98 Å². The van der Waals surface area contributed by atoms with Gasteiger partial charge in [0.25, 0.3) is 0 Å². The fourth-order valence-electron chi connectivity index (χ4n) is 1.12. The number of aromatic nitrogens is 1. The molecule has 0 aromatic carbocycles. The Morgan fingerprint density at radius 3 is 2.86 bits per heavy atom. The number of nitrogens with zero attached hydrogens (tertiary/aromatic N) is 1. The van der Waals surface area contributed by atoms with E-state index in [1.54, 1.807) is 6.20 Å². The standard InChI is InChI=1S/C11H16BrNO/c1-2-3-4-7-14-9-11-6-5-10(12)8-13-11/h5-6,8H,2-4,7,9H2,1H3. The second-order valence-electron chi connectivity index (χ2n) is 3.23. The van der Waals surface area contributed by atoms with Gasteiger partial charge < -0.3 is 4.74 Å². The molecule has 3 heteroatoms. The molecule has 0 spiro atoms. The molecule has 0 aliphatic rings. The molecular weight excluding hydrogens is 242 g/mol. The molecule has 78 valence electrons. The lowest BCUT2D eigenvalue weighted by molar-refractivity contribution is 0.114. The van der Waals surface area contributed by atoms with E-state index in [1.165, 1.54) is 12.8 Å². The highest BCUT2D eigenvalue weighted by molar-refractivity contribution is 9.10. The molecule has 0 fully saturated rings. The van der Waals surface area contributed by atoms with Gasteiger partial charge in [0, 0.05) is 17.3 Å². The molecule has 1 aromatic rings. The quantitative estimate of drug-likeness (QED) is 0.728. The van der Waals surface area contributed by atoms with Gasteiger partial charge in [0.2, 0.25) is 0 Å². The summed E-state index contributed by atoms with van der Waals surface area (Å²) in [6, 6.07) is 3.96. The monoisotopic (exact) mass is 257 g/mol. The van der Waals surface area contributed by atoms with Gasteiger partial charge in [-0.15, -0.1) is 0 Å². The molecule has 1 aromatic heterocycles. The van der Waals surface area contributed by atoms with Crippen LogP contribution in [0, 0.1) is 0 Å². The highest BCUT2D eigenvalue weighted by Gasteiger charge is 1.94. The van der Waals surface area contributed by atoms with Crippen LogP contribution in [0.3, 0.4) is 0 Å². The average Bonchev–Trinajstić information content (AvgIpc) is 2.21. The summed E-state index contributed by atoms with van der Waals surface area (Å²) in [7, 11) is 0. The van der Waals surface area contributed by atoms with E-state index < -0.39 is 0 Å². The Labute approximate surface area is 93.8 Å². The predicted octanol–water partition coefficient (Wildman–Crippen LogP) is 3.55. The van der Waals surface area contributed by atoms with Crippen molar-refractivity contribution >= 4 is 15.9 Å². The number of ether oxygens (including phenoxy) is 1. The maximum Gasteiger partial charge on any atom is 0.0887 e. The first-order chi connectivity index (χ1) is 6.83. The molecule has 14 heavy (non-hydrogen) atoms. The van der Waals surface area contributed by atoms with Crippen LogP contribution in [0.4, 0.5) is 0 Å². The Morgan fingerprint density at radius 1 is 1.36 bits per heavy atom. The van der Waals surface area contributed by atoms with Gasteiger partial charge in [-0.25, -0.2) is 0 Å². The average molecular weight is 258 g/mol. The minimum absolute atomic E-state index is 0.622. The summed E-state index contributed by atoms with van der Waals surface area (Å²) in [4.78, 5) is 4.22. The predicted molar refractivity (Wildman–Crippen MR) is 61.1 cm³/mol. The number of pyridine rings is 1. The summed E-state index contributed by atoms with van der Waals surface area (Å²) in [5.41, 5.74) is 0.990. The molecule has 0 aliphatic carbocycles. The van der Waals surface area contributed by atoms with Crippen LogP contribution in [-0.4, -0.2) is 11.6 Å². The maximum absolute atomic E-state index is 5.48. The van der Waals surface area contributed by atoms with Crippen LogP contribution in [0.2, 0.25) is 0 Å². The second-order valence-corrected chi connectivity index (χ2v) is 4.14. The fraction of sp³-hybridized carbons (Fsp3) is 0.545. The van der Waals surface area contributed by atoms with Crippen LogP contribution in [0.1, 0.15) is 31.9 Å². The summed E-state index contributed by atoms with van der Waals surface area (Å²) >= 11 is 3.34. The van der Waals surface area contributed by atoms with Crippen molar-refractivity contribution in [3.63, 3.8) is 0 Å². The van der Waals surface area contributed by atoms with Crippen molar-refractivity contribution in [2.24, 2.45) is 0 Å². The first-order valence-corrected chi connectivity index (χ1v) is 5.80. The highest BCUT2D eigenvalue weighted by atomic mass is 79.9. The minimum atomic E-state index is 0.622. The third-order valence-corrected chi connectivity index (χ3v) is 2.40. The Hall–Kier alpha value is -0.410. The lowest BCUT2D eigenvalue weighted by Crippen LogP contribution is -1.97. The topological polar surface area (TPSA) is 22.1 Å². The van der Waals surface area contributed by atoms with Crippen LogP contribution in [0.25, 0.3) is 0 Å². The third kappa shape index (κ3) is 4.72. The Morgan fingerprint density at radius 2 is 2.21 bits per heavy atom. The van der Waals surface area contributed by atoms with Crippen molar-refractivity contribution in [2.75, 3.05) is 6.61 Å². The number of rotatable bonds is 6. The molecule has 1 rings (SSSR count). The fourth-order valence-corrected chi connectivity index (χ4v) is 1.36. The van der Waals surface area contributed by atoms with Gasteiger partial charge in [-0.05, 0) is 34.5 Å². The largest absolute Gasteiger partial charge is 0.375 e. The Balaban J connectivity index is 2.15. The van der Waals surface area contributed by atoms with Gasteiger partial charge in [0.05, 0.1) is 12.3 Å². The SMILES string of the molecule is CCCCCOCc1ccc(Br)cn1. The summed E-state index contributed by atoms with van der Waals surface area (Å²) in [5.74, 6) is 0. The Kier molecular flexibility index (Phi) is 5.80. The van der Waals surface area contributed by atoms with Crippen LogP contribution in [-0.2, 0) is 11.3 Å². The molecule has 1 heterocycles. The molecule has 0 atom stereocenters. The van der Waals surface area contributed by atoms with E-state index in [-0.39, 0.29) is 0 Å². The van der Waals surface area contributed by atoms with Gasteiger partial charge >= 0.3 is 0 Å². The van der Waals surface area contributed by atoms with E-state index in [0.717, 1.165) is 23.2 Å². The molecular formula is C11H16BrNO. The lowest BCUT2D eigenvalue weighted by atomic mass is 10.3. The zero-order chi connectivity index (χ0) is 10.2. The van der Waals surface area contributed by atoms with Crippen molar-refractivity contribution in [1.29, 1.82) is 0 Å². The van der Waals surface area contributed by atoms with E-state index in [4.69, 9.17) is 4.74 Å². The molecule has 0 N–H and O–H groups in total. The van der Waals surface area contributed by atoms with Crippen LogP contribution in [0.5, 0.6) is 0 Å². The van der Waals surface area contributed by atoms with Crippen molar-refractivity contribution in [1.82, 2.24) is 4.98 Å². The van der Waals surface area contributed by atoms with Gasteiger partial charge in [0.15, 0.2) is 0 Å². The summed E-state index contributed by atoms with van der Waals surface area (Å²) in [6.45, 7) is 3.65. The number of unbranched alkanes of at least 4 members (excludes halogenated alkanes) is 2. The van der Waals surface area contributed by atoms with E-state index >= 15 is 0 Å². The molecule has 0 radical (unpaired) electrons.